The van der Waals surface area contributed by atoms with Crippen LogP contribution in [0.25, 0.3) is 0 Å². The lowest BCUT2D eigenvalue weighted by Gasteiger charge is -2.06. The van der Waals surface area contributed by atoms with Gasteiger partial charge in [-0.3, -0.25) is 4.79 Å². The Bertz CT molecular complexity index is 642. The van der Waals surface area contributed by atoms with Crippen LogP contribution in [0.1, 0.15) is 28.3 Å². The Labute approximate surface area is 131 Å². The summed E-state index contributed by atoms with van der Waals surface area (Å²) in [5.41, 5.74) is 1.77. The lowest BCUT2D eigenvalue weighted by atomic mass is 10.1. The summed E-state index contributed by atoms with van der Waals surface area (Å²) in [7, 11) is 0. The van der Waals surface area contributed by atoms with Gasteiger partial charge < -0.3 is 10.4 Å². The highest BCUT2D eigenvalue weighted by molar-refractivity contribution is 14.1. The molecule has 0 bridgehead atoms. The summed E-state index contributed by atoms with van der Waals surface area (Å²) in [6, 6.07) is 15.4. The van der Waals surface area contributed by atoms with Crippen molar-refractivity contribution in [2.24, 2.45) is 0 Å². The number of hydrogen-bond donors (Lipinski definition) is 2. The van der Waals surface area contributed by atoms with Crippen molar-refractivity contribution in [3.05, 3.63) is 63.2 Å². The molecule has 0 aromatic heterocycles. The highest BCUT2D eigenvalue weighted by Crippen LogP contribution is 2.40. The minimum absolute atomic E-state index is 0.125. The molecule has 20 heavy (non-hydrogen) atoms. The predicted octanol–water partition coefficient (Wildman–Crippen LogP) is 3.28. The quantitative estimate of drug-likeness (QED) is 0.805. The highest BCUT2D eigenvalue weighted by atomic mass is 127. The zero-order valence-electron chi connectivity index (χ0n) is 10.7. The van der Waals surface area contributed by atoms with E-state index in [-0.39, 0.29) is 17.7 Å². The number of carbonyl (C=O) groups excluding carboxylic acids is 1. The Hall–Kier alpha value is -1.56. The summed E-state index contributed by atoms with van der Waals surface area (Å²) in [5, 5.41) is 12.7. The molecule has 102 valence electrons. The van der Waals surface area contributed by atoms with E-state index in [9.17, 15) is 9.90 Å². The van der Waals surface area contributed by atoms with Crippen LogP contribution in [0.3, 0.4) is 0 Å². The standard InChI is InChI=1S/C16H14INO2/c17-13-7-6-11(8-15(13)19)16(20)18-14-9-12(14)10-4-2-1-3-5-10/h1-8,12,14,19H,9H2,(H,18,20). The lowest BCUT2D eigenvalue weighted by Crippen LogP contribution is -2.26. The molecule has 2 unspecified atom stereocenters. The summed E-state index contributed by atoms with van der Waals surface area (Å²) < 4.78 is 0.743. The third kappa shape index (κ3) is 2.80. The van der Waals surface area contributed by atoms with Crippen molar-refractivity contribution in [2.75, 3.05) is 0 Å². The monoisotopic (exact) mass is 379 g/mol. The van der Waals surface area contributed by atoms with Crippen molar-refractivity contribution in [2.45, 2.75) is 18.4 Å². The minimum Gasteiger partial charge on any atom is -0.507 e. The molecule has 1 saturated carbocycles. The van der Waals surface area contributed by atoms with Gasteiger partial charge >= 0.3 is 0 Å². The lowest BCUT2D eigenvalue weighted by molar-refractivity contribution is 0.0950. The van der Waals surface area contributed by atoms with Crippen molar-refractivity contribution in [3.8, 4) is 5.75 Å². The second-order valence-corrected chi connectivity index (χ2v) is 6.16. The van der Waals surface area contributed by atoms with Crippen LogP contribution in [0.5, 0.6) is 5.75 Å². The third-order valence-electron chi connectivity index (χ3n) is 3.54. The number of nitrogens with one attached hydrogen (secondary N) is 1. The molecule has 0 saturated heterocycles. The molecule has 0 radical (unpaired) electrons. The molecule has 1 fully saturated rings. The first kappa shape index (κ1) is 13.4. The molecular formula is C16H14INO2. The van der Waals surface area contributed by atoms with Gasteiger partial charge in [-0.25, -0.2) is 0 Å². The number of carbonyl (C=O) groups is 1. The molecule has 2 aromatic carbocycles. The van der Waals surface area contributed by atoms with Crippen LogP contribution in [0, 0.1) is 3.57 Å². The van der Waals surface area contributed by atoms with E-state index in [2.05, 4.69) is 17.4 Å². The van der Waals surface area contributed by atoms with E-state index in [1.54, 1.807) is 12.1 Å². The highest BCUT2D eigenvalue weighted by Gasteiger charge is 2.39. The first-order valence-electron chi connectivity index (χ1n) is 6.49. The molecule has 0 aliphatic heterocycles. The molecule has 0 heterocycles. The minimum atomic E-state index is -0.125. The zero-order valence-corrected chi connectivity index (χ0v) is 12.9. The molecule has 3 rings (SSSR count). The van der Waals surface area contributed by atoms with E-state index in [1.807, 2.05) is 40.8 Å². The van der Waals surface area contributed by atoms with Crippen LogP contribution in [0.2, 0.25) is 0 Å². The fourth-order valence-electron chi connectivity index (χ4n) is 2.33. The van der Waals surface area contributed by atoms with Gasteiger partial charge in [-0.15, -0.1) is 0 Å². The van der Waals surface area contributed by atoms with E-state index in [0.29, 0.717) is 11.5 Å². The van der Waals surface area contributed by atoms with Gasteiger partial charge in [0, 0.05) is 17.5 Å². The van der Waals surface area contributed by atoms with Crippen LogP contribution < -0.4 is 5.32 Å². The van der Waals surface area contributed by atoms with E-state index in [4.69, 9.17) is 0 Å². The number of halogens is 1. The van der Waals surface area contributed by atoms with Crippen LogP contribution >= 0.6 is 22.6 Å². The summed E-state index contributed by atoms with van der Waals surface area (Å²) in [4.78, 5) is 12.1. The summed E-state index contributed by atoms with van der Waals surface area (Å²) in [6.07, 6.45) is 0.978. The van der Waals surface area contributed by atoms with Crippen LogP contribution in [0.15, 0.2) is 48.5 Å². The number of amides is 1. The predicted molar refractivity (Wildman–Crippen MR) is 85.9 cm³/mol. The third-order valence-corrected chi connectivity index (χ3v) is 4.46. The first-order valence-corrected chi connectivity index (χ1v) is 7.57. The van der Waals surface area contributed by atoms with E-state index < -0.39 is 0 Å². The maximum Gasteiger partial charge on any atom is 0.251 e. The van der Waals surface area contributed by atoms with Crippen LogP contribution in [0.4, 0.5) is 0 Å². The second-order valence-electron chi connectivity index (χ2n) is 5.00. The van der Waals surface area contributed by atoms with Gasteiger partial charge in [-0.05, 0) is 52.8 Å². The second kappa shape index (κ2) is 5.44. The van der Waals surface area contributed by atoms with Crippen molar-refractivity contribution in [3.63, 3.8) is 0 Å². The van der Waals surface area contributed by atoms with Crippen molar-refractivity contribution >= 4 is 28.5 Å². The molecule has 3 nitrogen and oxygen atoms in total. The van der Waals surface area contributed by atoms with Gasteiger partial charge in [-0.1, -0.05) is 30.3 Å². The summed E-state index contributed by atoms with van der Waals surface area (Å²) >= 11 is 2.03. The van der Waals surface area contributed by atoms with Gasteiger partial charge in [0.2, 0.25) is 0 Å². The fourth-order valence-corrected chi connectivity index (χ4v) is 2.66. The largest absolute Gasteiger partial charge is 0.507 e. The molecule has 1 amide bonds. The number of benzene rings is 2. The van der Waals surface area contributed by atoms with E-state index >= 15 is 0 Å². The van der Waals surface area contributed by atoms with E-state index in [1.165, 1.54) is 11.6 Å². The smallest absolute Gasteiger partial charge is 0.251 e. The van der Waals surface area contributed by atoms with Crippen LogP contribution in [-0.2, 0) is 0 Å². The van der Waals surface area contributed by atoms with Gasteiger partial charge in [0.05, 0.1) is 3.57 Å². The van der Waals surface area contributed by atoms with Gasteiger partial charge in [0.1, 0.15) is 5.75 Å². The van der Waals surface area contributed by atoms with Gasteiger partial charge in [0.25, 0.3) is 5.91 Å². The Balaban J connectivity index is 1.65. The first-order chi connectivity index (χ1) is 9.65. The summed E-state index contributed by atoms with van der Waals surface area (Å²) in [6.45, 7) is 0. The van der Waals surface area contributed by atoms with Crippen molar-refractivity contribution in [1.29, 1.82) is 0 Å². The normalized spacial score (nSPS) is 20.4. The Morgan fingerprint density at radius 3 is 2.65 bits per heavy atom. The molecule has 0 spiro atoms. The number of rotatable bonds is 3. The van der Waals surface area contributed by atoms with E-state index in [0.717, 1.165) is 9.99 Å². The maximum atomic E-state index is 12.1. The average Bonchev–Trinajstić information content (AvgIpc) is 3.22. The molecule has 1 aliphatic carbocycles. The Morgan fingerprint density at radius 1 is 1.20 bits per heavy atom. The number of aromatic hydroxyl groups is 1. The molecule has 1 aliphatic rings. The number of phenols is 1. The number of hydrogen-bond acceptors (Lipinski definition) is 2. The summed E-state index contributed by atoms with van der Waals surface area (Å²) in [5.74, 6) is 0.436. The maximum absolute atomic E-state index is 12.1. The molecular weight excluding hydrogens is 365 g/mol. The Morgan fingerprint density at radius 2 is 1.95 bits per heavy atom. The molecule has 4 heteroatoms. The fraction of sp³-hybridized carbons (Fsp3) is 0.188. The van der Waals surface area contributed by atoms with Crippen molar-refractivity contribution in [1.82, 2.24) is 5.32 Å². The molecule has 2 aromatic rings. The van der Waals surface area contributed by atoms with Crippen molar-refractivity contribution < 1.29 is 9.90 Å². The molecule has 2 atom stereocenters. The van der Waals surface area contributed by atoms with Gasteiger partial charge in [-0.2, -0.15) is 0 Å². The van der Waals surface area contributed by atoms with Crippen LogP contribution in [-0.4, -0.2) is 17.1 Å². The Kier molecular flexibility index (Phi) is 3.65. The van der Waals surface area contributed by atoms with Gasteiger partial charge in [0.15, 0.2) is 0 Å². The topological polar surface area (TPSA) is 49.3 Å². The average molecular weight is 379 g/mol. The SMILES string of the molecule is O=C(NC1CC1c1ccccc1)c1ccc(I)c(O)c1. The number of phenolic OH excluding ortho intramolecular Hbond substituents is 1. The zero-order chi connectivity index (χ0) is 14.1. The molecule has 2 N–H and O–H groups in total.